The number of aliphatic hydroxyl groups is 1. The molecule has 1 saturated heterocycles. The molecule has 0 aromatic heterocycles. The smallest absolute Gasteiger partial charge is 0.329 e. The van der Waals surface area contributed by atoms with Gasteiger partial charge in [-0.05, 0) is 53.5 Å². The molecule has 1 rings (SSSR count). The highest BCUT2D eigenvalue weighted by molar-refractivity contribution is 5.82. The average molecular weight is 229 g/mol. The van der Waals surface area contributed by atoms with E-state index in [2.05, 4.69) is 5.32 Å². The van der Waals surface area contributed by atoms with Crippen molar-refractivity contribution in [2.75, 3.05) is 6.54 Å². The van der Waals surface area contributed by atoms with Crippen LogP contribution in [-0.4, -0.2) is 34.9 Å². The second-order valence-corrected chi connectivity index (χ2v) is 5.53. The fourth-order valence-electron chi connectivity index (χ4n) is 2.00. The number of rotatable bonds is 2. The summed E-state index contributed by atoms with van der Waals surface area (Å²) >= 11 is 0. The third kappa shape index (κ3) is 2.95. The summed E-state index contributed by atoms with van der Waals surface area (Å²) in [4.78, 5) is 12.1. The van der Waals surface area contributed by atoms with Crippen LogP contribution in [0.15, 0.2) is 0 Å². The Labute approximate surface area is 97.4 Å². The van der Waals surface area contributed by atoms with Crippen LogP contribution in [-0.2, 0) is 9.53 Å². The lowest BCUT2D eigenvalue weighted by Gasteiger charge is -2.40. The molecule has 94 valence electrons. The van der Waals surface area contributed by atoms with Gasteiger partial charge in [0.25, 0.3) is 0 Å². The van der Waals surface area contributed by atoms with E-state index in [1.54, 1.807) is 6.92 Å². The molecule has 1 aliphatic rings. The third-order valence-electron chi connectivity index (χ3n) is 2.91. The van der Waals surface area contributed by atoms with Crippen molar-refractivity contribution in [1.82, 2.24) is 5.32 Å². The maximum Gasteiger partial charge on any atom is 0.329 e. The maximum absolute atomic E-state index is 12.1. The molecular formula is C12H23NO3. The number of esters is 1. The molecule has 2 atom stereocenters. The normalized spacial score (nSPS) is 28.6. The van der Waals surface area contributed by atoms with Crippen molar-refractivity contribution < 1.29 is 14.6 Å². The van der Waals surface area contributed by atoms with Crippen molar-refractivity contribution in [1.29, 1.82) is 0 Å². The highest BCUT2D eigenvalue weighted by Gasteiger charge is 2.46. The second kappa shape index (κ2) is 4.72. The fraction of sp³-hybridized carbons (Fsp3) is 0.917. The standard InChI is InChI=1S/C12H23NO3/c1-9(14)12(7-5-6-8-13-12)10(15)16-11(2,3)4/h9,13-14H,5-8H2,1-4H3. The lowest BCUT2D eigenvalue weighted by molar-refractivity contribution is -0.169. The van der Waals surface area contributed by atoms with E-state index in [1.165, 1.54) is 0 Å². The number of carbonyl (C=O) groups is 1. The van der Waals surface area contributed by atoms with E-state index in [1.807, 2.05) is 20.8 Å². The van der Waals surface area contributed by atoms with Gasteiger partial charge in [0.15, 0.2) is 0 Å². The van der Waals surface area contributed by atoms with Crippen molar-refractivity contribution in [3.8, 4) is 0 Å². The Morgan fingerprint density at radius 1 is 1.44 bits per heavy atom. The monoisotopic (exact) mass is 229 g/mol. The zero-order chi connectivity index (χ0) is 12.4. The van der Waals surface area contributed by atoms with Crippen LogP contribution in [0.2, 0.25) is 0 Å². The fourth-order valence-corrected chi connectivity index (χ4v) is 2.00. The maximum atomic E-state index is 12.1. The summed E-state index contributed by atoms with van der Waals surface area (Å²) in [7, 11) is 0. The highest BCUT2D eigenvalue weighted by Crippen LogP contribution is 2.26. The van der Waals surface area contributed by atoms with Gasteiger partial charge in [-0.2, -0.15) is 0 Å². The van der Waals surface area contributed by atoms with Crippen LogP contribution in [0.25, 0.3) is 0 Å². The molecule has 16 heavy (non-hydrogen) atoms. The predicted molar refractivity (Wildman–Crippen MR) is 62.1 cm³/mol. The van der Waals surface area contributed by atoms with Crippen molar-refractivity contribution in [2.45, 2.75) is 64.2 Å². The zero-order valence-electron chi connectivity index (χ0n) is 10.7. The first kappa shape index (κ1) is 13.5. The molecule has 1 heterocycles. The van der Waals surface area contributed by atoms with Gasteiger partial charge in [-0.3, -0.25) is 5.32 Å². The van der Waals surface area contributed by atoms with Gasteiger partial charge in [0.1, 0.15) is 11.1 Å². The van der Waals surface area contributed by atoms with E-state index in [9.17, 15) is 9.90 Å². The van der Waals surface area contributed by atoms with E-state index >= 15 is 0 Å². The van der Waals surface area contributed by atoms with Crippen molar-refractivity contribution in [2.24, 2.45) is 0 Å². The van der Waals surface area contributed by atoms with Gasteiger partial charge >= 0.3 is 5.97 Å². The van der Waals surface area contributed by atoms with Crippen LogP contribution in [0.5, 0.6) is 0 Å². The van der Waals surface area contributed by atoms with Gasteiger partial charge in [-0.1, -0.05) is 0 Å². The molecule has 1 aliphatic heterocycles. The lowest BCUT2D eigenvalue weighted by atomic mass is 9.84. The first-order chi connectivity index (χ1) is 7.28. The average Bonchev–Trinajstić information content (AvgIpc) is 2.16. The molecule has 0 saturated carbocycles. The molecule has 2 unspecified atom stereocenters. The molecule has 0 bridgehead atoms. The number of nitrogens with one attached hydrogen (secondary N) is 1. The minimum atomic E-state index is -0.911. The van der Waals surface area contributed by atoms with Crippen molar-refractivity contribution in [3.05, 3.63) is 0 Å². The molecule has 0 spiro atoms. The third-order valence-corrected chi connectivity index (χ3v) is 2.91. The summed E-state index contributed by atoms with van der Waals surface area (Å²) in [6.07, 6.45) is 1.89. The van der Waals surface area contributed by atoms with Crippen molar-refractivity contribution >= 4 is 5.97 Å². The molecule has 0 aromatic carbocycles. The van der Waals surface area contributed by atoms with E-state index in [-0.39, 0.29) is 5.97 Å². The van der Waals surface area contributed by atoms with Crippen molar-refractivity contribution in [3.63, 3.8) is 0 Å². The summed E-state index contributed by atoms with van der Waals surface area (Å²) in [5.74, 6) is -0.338. The summed E-state index contributed by atoms with van der Waals surface area (Å²) in [6, 6.07) is 0. The SMILES string of the molecule is CC(O)C1(C(=O)OC(C)(C)C)CCCCN1. The van der Waals surface area contributed by atoms with Gasteiger partial charge < -0.3 is 9.84 Å². The Hall–Kier alpha value is -0.610. The van der Waals surface area contributed by atoms with E-state index in [4.69, 9.17) is 4.74 Å². The number of hydrogen-bond acceptors (Lipinski definition) is 4. The van der Waals surface area contributed by atoms with Crippen LogP contribution >= 0.6 is 0 Å². The van der Waals surface area contributed by atoms with Gasteiger partial charge in [0.2, 0.25) is 0 Å². The van der Waals surface area contributed by atoms with E-state index in [0.717, 1.165) is 19.4 Å². The number of piperidine rings is 1. The summed E-state index contributed by atoms with van der Waals surface area (Å²) in [6.45, 7) is 7.91. The van der Waals surface area contributed by atoms with Crippen LogP contribution < -0.4 is 5.32 Å². The number of aliphatic hydroxyl groups excluding tert-OH is 1. The van der Waals surface area contributed by atoms with Crippen LogP contribution in [0.1, 0.15) is 47.0 Å². The summed E-state index contributed by atoms with van der Waals surface area (Å²) < 4.78 is 5.38. The second-order valence-electron chi connectivity index (χ2n) is 5.53. The summed E-state index contributed by atoms with van der Waals surface area (Å²) in [5.41, 5.74) is -1.43. The molecule has 0 aliphatic carbocycles. The molecule has 4 nitrogen and oxygen atoms in total. The van der Waals surface area contributed by atoms with Gasteiger partial charge in [0.05, 0.1) is 6.10 Å². The Bertz CT molecular complexity index is 249. The molecule has 4 heteroatoms. The molecule has 1 fully saturated rings. The molecule has 0 amide bonds. The van der Waals surface area contributed by atoms with Crippen LogP contribution in [0, 0.1) is 0 Å². The Morgan fingerprint density at radius 2 is 2.06 bits per heavy atom. The lowest BCUT2D eigenvalue weighted by Crippen LogP contribution is -2.62. The molecular weight excluding hydrogens is 206 g/mol. The predicted octanol–water partition coefficient (Wildman–Crippen LogP) is 1.22. The van der Waals surface area contributed by atoms with E-state index < -0.39 is 17.2 Å². The minimum Gasteiger partial charge on any atom is -0.459 e. The summed E-state index contributed by atoms with van der Waals surface area (Å²) in [5, 5.41) is 13.0. The molecule has 2 N–H and O–H groups in total. The number of carbonyl (C=O) groups excluding carboxylic acids is 1. The highest BCUT2D eigenvalue weighted by atomic mass is 16.6. The Balaban J connectivity index is 2.81. The number of hydrogen-bond donors (Lipinski definition) is 2. The quantitative estimate of drug-likeness (QED) is 0.699. The van der Waals surface area contributed by atoms with Gasteiger partial charge in [-0.25, -0.2) is 4.79 Å². The van der Waals surface area contributed by atoms with Gasteiger partial charge in [0, 0.05) is 0 Å². The van der Waals surface area contributed by atoms with Gasteiger partial charge in [-0.15, -0.1) is 0 Å². The largest absolute Gasteiger partial charge is 0.459 e. The Morgan fingerprint density at radius 3 is 2.44 bits per heavy atom. The van der Waals surface area contributed by atoms with E-state index in [0.29, 0.717) is 6.42 Å². The zero-order valence-corrected chi connectivity index (χ0v) is 10.7. The topological polar surface area (TPSA) is 58.6 Å². The minimum absolute atomic E-state index is 0.338. The first-order valence-corrected chi connectivity index (χ1v) is 5.94. The first-order valence-electron chi connectivity index (χ1n) is 5.94. The van der Waals surface area contributed by atoms with Crippen LogP contribution in [0.4, 0.5) is 0 Å². The molecule has 0 aromatic rings. The molecule has 0 radical (unpaired) electrons. The van der Waals surface area contributed by atoms with Crippen LogP contribution in [0.3, 0.4) is 0 Å². The number of ether oxygens (including phenoxy) is 1. The Kier molecular flexibility index (Phi) is 3.97.